The van der Waals surface area contributed by atoms with E-state index < -0.39 is 5.41 Å². The third-order valence-electron chi connectivity index (χ3n) is 5.48. The van der Waals surface area contributed by atoms with Gasteiger partial charge in [0.15, 0.2) is 0 Å². The summed E-state index contributed by atoms with van der Waals surface area (Å²) in [6.45, 7) is 3.41. The first-order valence-electron chi connectivity index (χ1n) is 9.97. The predicted octanol–water partition coefficient (Wildman–Crippen LogP) is 2.39. The molecule has 1 N–H and O–H groups in total. The lowest BCUT2D eigenvalue weighted by molar-refractivity contribution is -0.159. The zero-order valence-electron chi connectivity index (χ0n) is 16.1. The van der Waals surface area contributed by atoms with E-state index in [4.69, 9.17) is 0 Å². The lowest BCUT2D eigenvalue weighted by Crippen LogP contribution is -2.48. The van der Waals surface area contributed by atoms with Crippen molar-refractivity contribution in [3.05, 3.63) is 35.9 Å². The summed E-state index contributed by atoms with van der Waals surface area (Å²) in [5.74, 6) is 0.0826. The summed E-state index contributed by atoms with van der Waals surface area (Å²) in [4.78, 5) is 36.7. The molecule has 0 spiro atoms. The number of hydrazine groups is 1. The van der Waals surface area contributed by atoms with Crippen LogP contribution in [0, 0.1) is 0 Å². The smallest absolute Gasteiger partial charge is 0.251 e. The fourth-order valence-corrected chi connectivity index (χ4v) is 3.81. The molecule has 3 amide bonds. The number of hydrogen-bond acceptors (Lipinski definition) is 3. The summed E-state index contributed by atoms with van der Waals surface area (Å²) in [6, 6.07) is 9.93. The summed E-state index contributed by atoms with van der Waals surface area (Å²) < 4.78 is 0. The van der Waals surface area contributed by atoms with E-state index in [0.717, 1.165) is 44.1 Å². The average molecular weight is 371 g/mol. The highest BCUT2D eigenvalue weighted by atomic mass is 16.2. The Hall–Kier alpha value is -2.37. The molecule has 2 fully saturated rings. The summed E-state index contributed by atoms with van der Waals surface area (Å²) >= 11 is 0. The summed E-state index contributed by atoms with van der Waals surface area (Å²) in [5.41, 5.74) is 0.634. The van der Waals surface area contributed by atoms with Crippen molar-refractivity contribution in [3.63, 3.8) is 0 Å². The predicted molar refractivity (Wildman–Crippen MR) is 103 cm³/mol. The lowest BCUT2D eigenvalue weighted by Gasteiger charge is -2.31. The van der Waals surface area contributed by atoms with Crippen molar-refractivity contribution in [1.29, 1.82) is 0 Å². The minimum atomic E-state index is -0.428. The van der Waals surface area contributed by atoms with Crippen LogP contribution in [0.5, 0.6) is 0 Å². The van der Waals surface area contributed by atoms with Gasteiger partial charge in [0.1, 0.15) is 0 Å². The molecule has 0 atom stereocenters. The van der Waals surface area contributed by atoms with Gasteiger partial charge in [-0.2, -0.15) is 0 Å². The number of benzene rings is 1. The van der Waals surface area contributed by atoms with Crippen molar-refractivity contribution in [2.45, 2.75) is 57.3 Å². The third-order valence-corrected chi connectivity index (χ3v) is 5.48. The van der Waals surface area contributed by atoms with Gasteiger partial charge >= 0.3 is 0 Å². The van der Waals surface area contributed by atoms with Crippen LogP contribution in [0.1, 0.15) is 57.4 Å². The number of unbranched alkanes of at least 4 members (excludes halogenated alkanes) is 2. The van der Waals surface area contributed by atoms with Gasteiger partial charge in [-0.3, -0.25) is 24.4 Å². The van der Waals surface area contributed by atoms with E-state index in [9.17, 15) is 14.4 Å². The zero-order valence-corrected chi connectivity index (χ0v) is 16.1. The van der Waals surface area contributed by atoms with Crippen molar-refractivity contribution in [2.24, 2.45) is 0 Å². The Morgan fingerprint density at radius 3 is 2.37 bits per heavy atom. The van der Waals surface area contributed by atoms with Crippen LogP contribution in [-0.4, -0.2) is 47.4 Å². The normalized spacial score (nSPS) is 17.7. The van der Waals surface area contributed by atoms with Crippen LogP contribution in [0.2, 0.25) is 0 Å². The molecule has 1 aliphatic heterocycles. The molecule has 6 heteroatoms. The zero-order chi connectivity index (χ0) is 19.3. The monoisotopic (exact) mass is 371 g/mol. The Balaban J connectivity index is 1.52. The number of nitrogens with one attached hydrogen (secondary N) is 1. The number of carbonyl (C=O) groups excluding carboxylic acids is 3. The number of hydrogen-bond donors (Lipinski definition) is 1. The van der Waals surface area contributed by atoms with E-state index in [1.807, 2.05) is 30.3 Å². The molecule has 1 aromatic carbocycles. The summed E-state index contributed by atoms with van der Waals surface area (Å²) in [7, 11) is 0. The number of carbonyl (C=O) groups is 3. The Bertz CT molecular complexity index is 685. The second-order valence-corrected chi connectivity index (χ2v) is 7.54. The Kier molecular flexibility index (Phi) is 6.14. The highest BCUT2D eigenvalue weighted by Gasteiger charge is 2.54. The van der Waals surface area contributed by atoms with E-state index >= 15 is 0 Å². The molecule has 146 valence electrons. The lowest BCUT2D eigenvalue weighted by atomic mass is 9.95. The molecule has 1 aliphatic carbocycles. The molecule has 1 heterocycles. The van der Waals surface area contributed by atoms with Crippen LogP contribution >= 0.6 is 0 Å². The van der Waals surface area contributed by atoms with Gasteiger partial charge in [-0.05, 0) is 37.7 Å². The van der Waals surface area contributed by atoms with Gasteiger partial charge in [0.2, 0.25) is 11.8 Å². The van der Waals surface area contributed by atoms with E-state index in [2.05, 4.69) is 5.32 Å². The summed E-state index contributed by atoms with van der Waals surface area (Å²) in [6.07, 6.45) is 5.54. The first kappa shape index (κ1) is 19.4. The second kappa shape index (κ2) is 8.55. The van der Waals surface area contributed by atoms with Crippen LogP contribution in [-0.2, 0) is 19.8 Å². The molecule has 1 saturated heterocycles. The minimum Gasteiger partial charge on any atom is -0.356 e. The van der Waals surface area contributed by atoms with E-state index in [1.165, 1.54) is 6.92 Å². The van der Waals surface area contributed by atoms with Crippen LogP contribution in [0.15, 0.2) is 30.3 Å². The maximum Gasteiger partial charge on any atom is 0.251 e. The summed E-state index contributed by atoms with van der Waals surface area (Å²) in [5, 5.41) is 6.12. The fourth-order valence-electron chi connectivity index (χ4n) is 3.81. The molecule has 1 saturated carbocycles. The SMILES string of the molecule is CC(=O)NCCCCCC(=O)N1CCCN1C(=O)C1(c2ccccc2)CC1. The van der Waals surface area contributed by atoms with E-state index in [0.29, 0.717) is 26.1 Å². The van der Waals surface area contributed by atoms with Gasteiger partial charge in [0.25, 0.3) is 5.91 Å². The van der Waals surface area contributed by atoms with Crippen molar-refractivity contribution in [1.82, 2.24) is 15.3 Å². The minimum absolute atomic E-state index is 0.0234. The fraction of sp³-hybridized carbons (Fsp3) is 0.571. The maximum atomic E-state index is 13.2. The van der Waals surface area contributed by atoms with Gasteiger partial charge < -0.3 is 5.32 Å². The third kappa shape index (κ3) is 4.49. The largest absolute Gasteiger partial charge is 0.356 e. The van der Waals surface area contributed by atoms with Crippen LogP contribution in [0.4, 0.5) is 0 Å². The average Bonchev–Trinajstić information content (AvgIpc) is 3.34. The van der Waals surface area contributed by atoms with Crippen molar-refractivity contribution < 1.29 is 14.4 Å². The molecule has 0 radical (unpaired) electrons. The molecular formula is C21H29N3O3. The highest BCUT2D eigenvalue weighted by Crippen LogP contribution is 2.50. The Morgan fingerprint density at radius 1 is 1.00 bits per heavy atom. The van der Waals surface area contributed by atoms with Gasteiger partial charge in [-0.25, -0.2) is 0 Å². The molecule has 3 rings (SSSR count). The number of amides is 3. The van der Waals surface area contributed by atoms with Gasteiger partial charge in [0.05, 0.1) is 5.41 Å². The van der Waals surface area contributed by atoms with Gasteiger partial charge in [-0.1, -0.05) is 36.8 Å². The van der Waals surface area contributed by atoms with Gasteiger partial charge in [-0.15, -0.1) is 0 Å². The molecule has 0 aromatic heterocycles. The number of rotatable bonds is 8. The molecule has 6 nitrogen and oxygen atoms in total. The topological polar surface area (TPSA) is 69.7 Å². The standard InChI is InChI=1S/C21H29N3O3/c1-17(25)22-14-7-3-6-11-19(26)23-15-8-16-24(23)20(27)21(12-13-21)18-9-4-2-5-10-18/h2,4-5,9-10H,3,6-8,11-16H2,1H3,(H,22,25). The van der Waals surface area contributed by atoms with Crippen molar-refractivity contribution in [2.75, 3.05) is 19.6 Å². The maximum absolute atomic E-state index is 13.2. The number of nitrogens with zero attached hydrogens (tertiary/aromatic N) is 2. The van der Waals surface area contributed by atoms with Crippen molar-refractivity contribution >= 4 is 17.7 Å². The van der Waals surface area contributed by atoms with Crippen LogP contribution in [0.25, 0.3) is 0 Å². The first-order valence-corrected chi connectivity index (χ1v) is 9.97. The van der Waals surface area contributed by atoms with Crippen molar-refractivity contribution in [3.8, 4) is 0 Å². The van der Waals surface area contributed by atoms with Crippen LogP contribution in [0.3, 0.4) is 0 Å². The molecular weight excluding hydrogens is 342 g/mol. The molecule has 0 bridgehead atoms. The molecule has 1 aromatic rings. The molecule has 2 aliphatic rings. The van der Waals surface area contributed by atoms with E-state index in [1.54, 1.807) is 10.0 Å². The van der Waals surface area contributed by atoms with Gasteiger partial charge in [0, 0.05) is 33.0 Å². The first-order chi connectivity index (χ1) is 13.0. The molecule has 0 unspecified atom stereocenters. The quantitative estimate of drug-likeness (QED) is 0.714. The molecule has 27 heavy (non-hydrogen) atoms. The highest BCUT2D eigenvalue weighted by molar-refractivity contribution is 5.93. The van der Waals surface area contributed by atoms with Crippen LogP contribution < -0.4 is 5.32 Å². The Morgan fingerprint density at radius 2 is 1.70 bits per heavy atom. The second-order valence-electron chi connectivity index (χ2n) is 7.54. The Labute approximate surface area is 160 Å². The van der Waals surface area contributed by atoms with E-state index in [-0.39, 0.29) is 17.7 Å².